The SMILES string of the molecule is C#C/C(C)=C\COCC=C1CCCC1. The third-order valence-corrected chi connectivity index (χ3v) is 2.47. The summed E-state index contributed by atoms with van der Waals surface area (Å²) in [6.45, 7) is 3.27. The predicted molar refractivity (Wildman–Crippen MR) is 60.0 cm³/mol. The van der Waals surface area contributed by atoms with Crippen LogP contribution in [-0.2, 0) is 4.74 Å². The molecule has 1 fully saturated rings. The van der Waals surface area contributed by atoms with Gasteiger partial charge in [-0.25, -0.2) is 0 Å². The van der Waals surface area contributed by atoms with Gasteiger partial charge in [-0.2, -0.15) is 0 Å². The zero-order chi connectivity index (χ0) is 10.2. The molecule has 1 saturated carbocycles. The molecule has 0 heterocycles. The van der Waals surface area contributed by atoms with E-state index in [0.29, 0.717) is 6.61 Å². The quantitative estimate of drug-likeness (QED) is 0.376. The lowest BCUT2D eigenvalue weighted by Gasteiger charge is -1.98. The fourth-order valence-electron chi connectivity index (χ4n) is 1.52. The van der Waals surface area contributed by atoms with Crippen LogP contribution >= 0.6 is 0 Å². The monoisotopic (exact) mass is 190 g/mol. The van der Waals surface area contributed by atoms with Gasteiger partial charge in [0.1, 0.15) is 0 Å². The molecule has 0 radical (unpaired) electrons. The molecule has 1 aliphatic rings. The number of hydrogen-bond donors (Lipinski definition) is 0. The number of rotatable bonds is 4. The Morgan fingerprint density at radius 2 is 2.14 bits per heavy atom. The molecule has 0 spiro atoms. The summed E-state index contributed by atoms with van der Waals surface area (Å²) in [5.41, 5.74) is 2.50. The molecule has 0 aliphatic heterocycles. The van der Waals surface area contributed by atoms with E-state index in [1.54, 1.807) is 5.57 Å². The summed E-state index contributed by atoms with van der Waals surface area (Å²) in [5.74, 6) is 2.56. The number of allylic oxidation sites excluding steroid dienone is 2. The molecule has 0 atom stereocenters. The van der Waals surface area contributed by atoms with Gasteiger partial charge in [-0.3, -0.25) is 0 Å². The molecule has 0 aromatic heterocycles. The molecule has 0 N–H and O–H groups in total. The molecule has 1 heteroatoms. The summed E-state index contributed by atoms with van der Waals surface area (Å²) in [6, 6.07) is 0. The molecule has 0 aromatic rings. The average Bonchev–Trinajstić information content (AvgIpc) is 2.69. The maximum absolute atomic E-state index is 5.42. The van der Waals surface area contributed by atoms with Crippen molar-refractivity contribution >= 4 is 0 Å². The van der Waals surface area contributed by atoms with Crippen molar-refractivity contribution in [3.05, 3.63) is 23.3 Å². The topological polar surface area (TPSA) is 9.23 Å². The lowest BCUT2D eigenvalue weighted by atomic mass is 10.2. The molecule has 0 aromatic carbocycles. The molecule has 76 valence electrons. The van der Waals surface area contributed by atoms with E-state index in [4.69, 9.17) is 11.2 Å². The molecular formula is C13H18O. The van der Waals surface area contributed by atoms with E-state index >= 15 is 0 Å². The fourth-order valence-corrected chi connectivity index (χ4v) is 1.52. The number of ether oxygens (including phenoxy) is 1. The maximum Gasteiger partial charge on any atom is 0.0663 e. The summed E-state index contributed by atoms with van der Waals surface area (Å²) in [7, 11) is 0. The molecule has 14 heavy (non-hydrogen) atoms. The van der Waals surface area contributed by atoms with Crippen LogP contribution in [0.15, 0.2) is 23.3 Å². The average molecular weight is 190 g/mol. The van der Waals surface area contributed by atoms with Crippen LogP contribution in [0.4, 0.5) is 0 Å². The summed E-state index contributed by atoms with van der Waals surface area (Å²) in [5, 5.41) is 0. The summed E-state index contributed by atoms with van der Waals surface area (Å²) < 4.78 is 5.42. The molecule has 1 rings (SSSR count). The molecule has 0 bridgehead atoms. The second-order valence-corrected chi connectivity index (χ2v) is 3.64. The summed E-state index contributed by atoms with van der Waals surface area (Å²) in [6.07, 6.45) is 14.6. The Balaban J connectivity index is 2.10. The predicted octanol–water partition coefficient (Wildman–Crippen LogP) is 3.08. The highest BCUT2D eigenvalue weighted by Gasteiger charge is 2.04. The van der Waals surface area contributed by atoms with Gasteiger partial charge in [-0.05, 0) is 44.3 Å². The van der Waals surface area contributed by atoms with Gasteiger partial charge in [0.05, 0.1) is 13.2 Å². The second kappa shape index (κ2) is 6.45. The molecule has 0 amide bonds. The summed E-state index contributed by atoms with van der Waals surface area (Å²) in [4.78, 5) is 0. The Labute approximate surface area is 86.8 Å². The van der Waals surface area contributed by atoms with Crippen molar-refractivity contribution in [2.24, 2.45) is 0 Å². The van der Waals surface area contributed by atoms with Crippen LogP contribution < -0.4 is 0 Å². The van der Waals surface area contributed by atoms with Gasteiger partial charge >= 0.3 is 0 Å². The van der Waals surface area contributed by atoms with Gasteiger partial charge in [0.2, 0.25) is 0 Å². The Kier molecular flexibility index (Phi) is 5.11. The molecule has 0 unspecified atom stereocenters. The van der Waals surface area contributed by atoms with Gasteiger partial charge in [0, 0.05) is 0 Å². The Morgan fingerprint density at radius 3 is 2.79 bits per heavy atom. The van der Waals surface area contributed by atoms with Crippen LogP contribution in [0.5, 0.6) is 0 Å². The molecule has 1 aliphatic carbocycles. The van der Waals surface area contributed by atoms with Crippen LogP contribution in [0.25, 0.3) is 0 Å². The Bertz CT molecular complexity index is 257. The van der Waals surface area contributed by atoms with Crippen molar-refractivity contribution in [1.82, 2.24) is 0 Å². The van der Waals surface area contributed by atoms with E-state index in [1.165, 1.54) is 25.7 Å². The lowest BCUT2D eigenvalue weighted by Crippen LogP contribution is -1.92. The normalized spacial score (nSPS) is 16.9. The lowest BCUT2D eigenvalue weighted by molar-refractivity contribution is 0.193. The van der Waals surface area contributed by atoms with Crippen molar-refractivity contribution in [2.75, 3.05) is 13.2 Å². The van der Waals surface area contributed by atoms with Crippen LogP contribution in [0.1, 0.15) is 32.6 Å². The van der Waals surface area contributed by atoms with Crippen molar-refractivity contribution < 1.29 is 4.74 Å². The first-order valence-electron chi connectivity index (χ1n) is 5.22. The van der Waals surface area contributed by atoms with Crippen LogP contribution in [0, 0.1) is 12.3 Å². The highest BCUT2D eigenvalue weighted by molar-refractivity contribution is 5.22. The first-order valence-corrected chi connectivity index (χ1v) is 5.22. The first-order chi connectivity index (χ1) is 6.83. The van der Waals surface area contributed by atoms with Gasteiger partial charge in [-0.1, -0.05) is 17.6 Å². The zero-order valence-corrected chi connectivity index (χ0v) is 8.88. The number of terminal acetylenes is 1. The highest BCUT2D eigenvalue weighted by atomic mass is 16.5. The molecular weight excluding hydrogens is 172 g/mol. The second-order valence-electron chi connectivity index (χ2n) is 3.64. The highest BCUT2D eigenvalue weighted by Crippen LogP contribution is 2.23. The van der Waals surface area contributed by atoms with E-state index in [9.17, 15) is 0 Å². The smallest absolute Gasteiger partial charge is 0.0663 e. The maximum atomic E-state index is 5.42. The van der Waals surface area contributed by atoms with Gasteiger partial charge in [0.15, 0.2) is 0 Å². The summed E-state index contributed by atoms with van der Waals surface area (Å²) >= 11 is 0. The largest absolute Gasteiger partial charge is 0.373 e. The van der Waals surface area contributed by atoms with E-state index in [2.05, 4.69) is 12.0 Å². The van der Waals surface area contributed by atoms with E-state index in [1.807, 2.05) is 13.0 Å². The minimum Gasteiger partial charge on any atom is -0.373 e. The first kappa shape index (κ1) is 11.1. The van der Waals surface area contributed by atoms with E-state index in [-0.39, 0.29) is 0 Å². The standard InChI is InChI=1S/C13H18O/c1-3-12(2)8-10-14-11-9-13-6-4-5-7-13/h1,8-9H,4-7,10-11H2,2H3/b12-8-. The minimum absolute atomic E-state index is 0.625. The van der Waals surface area contributed by atoms with Crippen LogP contribution in [-0.4, -0.2) is 13.2 Å². The molecule has 0 saturated heterocycles. The van der Waals surface area contributed by atoms with Crippen molar-refractivity contribution in [3.8, 4) is 12.3 Å². The van der Waals surface area contributed by atoms with E-state index in [0.717, 1.165) is 12.2 Å². The van der Waals surface area contributed by atoms with Crippen molar-refractivity contribution in [3.63, 3.8) is 0 Å². The number of hydrogen-bond acceptors (Lipinski definition) is 1. The molecule has 1 nitrogen and oxygen atoms in total. The van der Waals surface area contributed by atoms with Crippen molar-refractivity contribution in [2.45, 2.75) is 32.6 Å². The Hall–Kier alpha value is -1.00. The Morgan fingerprint density at radius 1 is 1.43 bits per heavy atom. The zero-order valence-electron chi connectivity index (χ0n) is 8.88. The van der Waals surface area contributed by atoms with E-state index < -0.39 is 0 Å². The van der Waals surface area contributed by atoms with Gasteiger partial charge in [0.25, 0.3) is 0 Å². The van der Waals surface area contributed by atoms with Gasteiger partial charge < -0.3 is 4.74 Å². The fraction of sp³-hybridized carbons (Fsp3) is 0.538. The van der Waals surface area contributed by atoms with Crippen LogP contribution in [0.3, 0.4) is 0 Å². The van der Waals surface area contributed by atoms with Crippen LogP contribution in [0.2, 0.25) is 0 Å². The van der Waals surface area contributed by atoms with Gasteiger partial charge in [-0.15, -0.1) is 6.42 Å². The third-order valence-electron chi connectivity index (χ3n) is 2.47. The third kappa shape index (κ3) is 4.30. The van der Waals surface area contributed by atoms with Crippen molar-refractivity contribution in [1.29, 1.82) is 0 Å². The minimum atomic E-state index is 0.625.